The zero-order valence-corrected chi connectivity index (χ0v) is 13.5. The summed E-state index contributed by atoms with van der Waals surface area (Å²) >= 11 is 5.03. The smallest absolute Gasteiger partial charge is 0.306 e. The zero-order valence-electron chi connectivity index (χ0n) is 12.7. The molecule has 0 spiro atoms. The molecule has 120 valence electrons. The Labute approximate surface area is 135 Å². The summed E-state index contributed by atoms with van der Waals surface area (Å²) in [6.07, 6.45) is 0.994. The van der Waals surface area contributed by atoms with Gasteiger partial charge in [-0.3, -0.25) is 9.59 Å². The Hall–Kier alpha value is -2.15. The zero-order chi connectivity index (χ0) is 16.4. The molecule has 0 atom stereocenters. The fraction of sp³-hybridized carbons (Fsp3) is 0.400. The molecule has 0 radical (unpaired) electrons. The quantitative estimate of drug-likeness (QED) is 0.592. The first kappa shape index (κ1) is 17.9. The maximum Gasteiger partial charge on any atom is 0.306 e. The summed E-state index contributed by atoms with van der Waals surface area (Å²) in [7, 11) is 1.28. The number of methoxy groups -OCH3 is 1. The lowest BCUT2D eigenvalue weighted by Gasteiger charge is -2.10. The Kier molecular flexibility index (Phi) is 7.91. The van der Waals surface area contributed by atoms with Crippen molar-refractivity contribution >= 4 is 34.9 Å². The number of hydrogen-bond acceptors (Lipinski definition) is 5. The Morgan fingerprint density at radius 3 is 2.45 bits per heavy atom. The molecule has 1 amide bonds. The SMILES string of the molecule is CCCOc1ccc(NC(=S)NC(=O)CCC(=O)OC)cc1. The molecule has 0 saturated heterocycles. The van der Waals surface area contributed by atoms with Crippen molar-refractivity contribution in [3.05, 3.63) is 24.3 Å². The molecule has 0 bridgehead atoms. The molecular weight excluding hydrogens is 304 g/mol. The van der Waals surface area contributed by atoms with Crippen LogP contribution in [-0.2, 0) is 14.3 Å². The van der Waals surface area contributed by atoms with Crippen LogP contribution in [0.3, 0.4) is 0 Å². The Balaban J connectivity index is 2.38. The van der Waals surface area contributed by atoms with Gasteiger partial charge in [0, 0.05) is 12.1 Å². The van der Waals surface area contributed by atoms with Crippen LogP contribution in [0.2, 0.25) is 0 Å². The number of rotatable bonds is 7. The Morgan fingerprint density at radius 2 is 1.86 bits per heavy atom. The van der Waals surface area contributed by atoms with Gasteiger partial charge in [-0.2, -0.15) is 0 Å². The lowest BCUT2D eigenvalue weighted by molar-refractivity contribution is -0.142. The molecular formula is C15H20N2O4S. The van der Waals surface area contributed by atoms with Crippen LogP contribution < -0.4 is 15.4 Å². The average Bonchev–Trinajstić information content (AvgIpc) is 2.51. The second-order valence-electron chi connectivity index (χ2n) is 4.45. The highest BCUT2D eigenvalue weighted by Gasteiger charge is 2.08. The third kappa shape index (κ3) is 7.03. The molecule has 0 aliphatic heterocycles. The van der Waals surface area contributed by atoms with Crippen molar-refractivity contribution in [3.8, 4) is 5.75 Å². The van der Waals surface area contributed by atoms with Gasteiger partial charge in [-0.1, -0.05) is 6.92 Å². The minimum Gasteiger partial charge on any atom is -0.494 e. The van der Waals surface area contributed by atoms with Gasteiger partial charge in [0.2, 0.25) is 5.91 Å². The third-order valence-electron chi connectivity index (χ3n) is 2.62. The van der Waals surface area contributed by atoms with Gasteiger partial charge in [-0.05, 0) is 42.9 Å². The molecule has 1 aromatic rings. The maximum absolute atomic E-state index is 11.6. The number of hydrogen-bond donors (Lipinski definition) is 2. The molecule has 22 heavy (non-hydrogen) atoms. The lowest BCUT2D eigenvalue weighted by atomic mass is 10.3. The largest absolute Gasteiger partial charge is 0.494 e. The standard InChI is InChI=1S/C15H20N2O4S/c1-3-10-21-12-6-4-11(5-7-12)16-15(22)17-13(18)8-9-14(19)20-2/h4-7H,3,8-10H2,1-2H3,(H2,16,17,18,22). The van der Waals surface area contributed by atoms with Gasteiger partial charge < -0.3 is 20.1 Å². The van der Waals surface area contributed by atoms with Crippen LogP contribution in [0.5, 0.6) is 5.75 Å². The van der Waals surface area contributed by atoms with E-state index < -0.39 is 5.97 Å². The maximum atomic E-state index is 11.6. The molecule has 0 aliphatic carbocycles. The van der Waals surface area contributed by atoms with Crippen molar-refractivity contribution in [2.75, 3.05) is 19.0 Å². The van der Waals surface area contributed by atoms with Crippen molar-refractivity contribution in [3.63, 3.8) is 0 Å². The minimum atomic E-state index is -0.434. The van der Waals surface area contributed by atoms with Crippen LogP contribution in [-0.4, -0.2) is 30.7 Å². The van der Waals surface area contributed by atoms with Gasteiger partial charge in [0.1, 0.15) is 5.75 Å². The van der Waals surface area contributed by atoms with E-state index in [1.807, 2.05) is 19.1 Å². The first-order valence-electron chi connectivity index (χ1n) is 6.95. The van der Waals surface area contributed by atoms with Crippen molar-refractivity contribution < 1.29 is 19.1 Å². The monoisotopic (exact) mass is 324 g/mol. The number of esters is 1. The van der Waals surface area contributed by atoms with E-state index in [1.165, 1.54) is 7.11 Å². The number of carbonyl (C=O) groups is 2. The normalized spacial score (nSPS) is 9.73. The molecule has 2 N–H and O–H groups in total. The fourth-order valence-corrected chi connectivity index (χ4v) is 1.76. The number of nitrogens with one attached hydrogen (secondary N) is 2. The van der Waals surface area contributed by atoms with Gasteiger partial charge in [0.05, 0.1) is 20.1 Å². The molecule has 0 unspecified atom stereocenters. The van der Waals surface area contributed by atoms with E-state index >= 15 is 0 Å². The van der Waals surface area contributed by atoms with E-state index in [4.69, 9.17) is 17.0 Å². The summed E-state index contributed by atoms with van der Waals surface area (Å²) in [4.78, 5) is 22.5. The van der Waals surface area contributed by atoms with E-state index in [2.05, 4.69) is 15.4 Å². The van der Waals surface area contributed by atoms with E-state index in [9.17, 15) is 9.59 Å². The Bertz CT molecular complexity index is 517. The van der Waals surface area contributed by atoms with Crippen molar-refractivity contribution in [1.29, 1.82) is 0 Å². The van der Waals surface area contributed by atoms with Crippen LogP contribution in [0.4, 0.5) is 5.69 Å². The highest BCUT2D eigenvalue weighted by atomic mass is 32.1. The van der Waals surface area contributed by atoms with E-state index in [0.717, 1.165) is 17.9 Å². The molecule has 0 saturated carbocycles. The van der Waals surface area contributed by atoms with Crippen LogP contribution in [0.25, 0.3) is 0 Å². The second-order valence-corrected chi connectivity index (χ2v) is 4.86. The van der Waals surface area contributed by atoms with Gasteiger partial charge in [-0.15, -0.1) is 0 Å². The van der Waals surface area contributed by atoms with Crippen molar-refractivity contribution in [2.45, 2.75) is 26.2 Å². The summed E-state index contributed by atoms with van der Waals surface area (Å²) in [5.74, 6) is 0.00271. The summed E-state index contributed by atoms with van der Waals surface area (Å²) < 4.78 is 9.93. The van der Waals surface area contributed by atoms with Crippen LogP contribution in [0.1, 0.15) is 26.2 Å². The predicted octanol–water partition coefficient (Wildman–Crippen LogP) is 2.24. The molecule has 0 fully saturated rings. The van der Waals surface area contributed by atoms with E-state index in [-0.39, 0.29) is 23.9 Å². The predicted molar refractivity (Wildman–Crippen MR) is 87.8 cm³/mol. The number of ether oxygens (including phenoxy) is 2. The lowest BCUT2D eigenvalue weighted by Crippen LogP contribution is -2.34. The van der Waals surface area contributed by atoms with E-state index in [0.29, 0.717) is 6.61 Å². The van der Waals surface area contributed by atoms with Crippen LogP contribution in [0.15, 0.2) is 24.3 Å². The number of carbonyl (C=O) groups excluding carboxylic acids is 2. The molecule has 0 aliphatic rings. The molecule has 1 aromatic carbocycles. The Morgan fingerprint density at radius 1 is 1.18 bits per heavy atom. The summed E-state index contributed by atoms with van der Waals surface area (Å²) in [6.45, 7) is 2.71. The summed E-state index contributed by atoms with van der Waals surface area (Å²) in [5.41, 5.74) is 0.738. The number of amides is 1. The van der Waals surface area contributed by atoms with Crippen LogP contribution in [0, 0.1) is 0 Å². The molecule has 1 rings (SSSR count). The number of benzene rings is 1. The summed E-state index contributed by atoms with van der Waals surface area (Å²) in [6, 6.07) is 7.25. The minimum absolute atomic E-state index is 0.0222. The second kappa shape index (κ2) is 9.73. The van der Waals surface area contributed by atoms with Crippen molar-refractivity contribution in [2.24, 2.45) is 0 Å². The highest BCUT2D eigenvalue weighted by Crippen LogP contribution is 2.15. The molecule has 0 aromatic heterocycles. The third-order valence-corrected chi connectivity index (χ3v) is 2.83. The van der Waals surface area contributed by atoms with Gasteiger partial charge in [-0.25, -0.2) is 0 Å². The van der Waals surface area contributed by atoms with Gasteiger partial charge in [0.25, 0.3) is 0 Å². The van der Waals surface area contributed by atoms with E-state index in [1.54, 1.807) is 12.1 Å². The van der Waals surface area contributed by atoms with Gasteiger partial charge >= 0.3 is 5.97 Å². The van der Waals surface area contributed by atoms with Crippen molar-refractivity contribution in [1.82, 2.24) is 5.32 Å². The highest BCUT2D eigenvalue weighted by molar-refractivity contribution is 7.80. The summed E-state index contributed by atoms with van der Waals surface area (Å²) in [5, 5.41) is 5.56. The first-order valence-corrected chi connectivity index (χ1v) is 7.36. The molecule has 6 nitrogen and oxygen atoms in total. The average molecular weight is 324 g/mol. The van der Waals surface area contributed by atoms with Crippen LogP contribution >= 0.6 is 12.2 Å². The fourth-order valence-electron chi connectivity index (χ4n) is 1.52. The molecule has 7 heteroatoms. The topological polar surface area (TPSA) is 76.7 Å². The number of anilines is 1. The number of thiocarbonyl (C=S) groups is 1. The first-order chi connectivity index (χ1) is 10.5. The molecule has 0 heterocycles. The van der Waals surface area contributed by atoms with Gasteiger partial charge in [0.15, 0.2) is 5.11 Å².